The number of esters is 2. The van der Waals surface area contributed by atoms with Gasteiger partial charge < -0.3 is 9.47 Å². The van der Waals surface area contributed by atoms with Crippen molar-refractivity contribution in [1.82, 2.24) is 0 Å². The monoisotopic (exact) mass is 321 g/mol. The van der Waals surface area contributed by atoms with Gasteiger partial charge in [0, 0.05) is 0 Å². The highest BCUT2D eigenvalue weighted by molar-refractivity contribution is 6.57. The van der Waals surface area contributed by atoms with Gasteiger partial charge in [0.05, 0.1) is 19.9 Å². The van der Waals surface area contributed by atoms with E-state index in [0.29, 0.717) is 10.5 Å². The maximum atomic E-state index is 13.7. The van der Waals surface area contributed by atoms with Crippen molar-refractivity contribution in [2.24, 2.45) is 0 Å². The number of anilines is 1. The number of benzene rings is 1. The third kappa shape index (κ3) is 2.59. The number of carbonyl (C=O) groups is 4. The van der Waals surface area contributed by atoms with E-state index in [9.17, 15) is 23.6 Å². The van der Waals surface area contributed by atoms with Gasteiger partial charge in [-0.15, -0.1) is 0 Å². The first-order chi connectivity index (χ1) is 10.8. The summed E-state index contributed by atoms with van der Waals surface area (Å²) in [7, 11) is 2.02. The molecule has 0 atom stereocenters. The third-order valence-corrected chi connectivity index (χ3v) is 3.27. The average Bonchev–Trinajstić information content (AvgIpc) is 2.80. The van der Waals surface area contributed by atoms with Crippen molar-refractivity contribution in [2.45, 2.75) is 6.92 Å². The lowest BCUT2D eigenvalue weighted by Crippen LogP contribution is -2.31. The van der Waals surface area contributed by atoms with Gasteiger partial charge in [0.25, 0.3) is 5.78 Å². The number of ketones is 1. The van der Waals surface area contributed by atoms with Gasteiger partial charge in [-0.1, -0.05) is 6.07 Å². The maximum Gasteiger partial charge on any atom is 0.356 e. The zero-order chi connectivity index (χ0) is 17.3. The Morgan fingerprint density at radius 2 is 1.70 bits per heavy atom. The summed E-state index contributed by atoms with van der Waals surface area (Å²) in [6.07, 6.45) is 0. The molecule has 0 aliphatic carbocycles. The second kappa shape index (κ2) is 5.99. The molecule has 1 heterocycles. The van der Waals surface area contributed by atoms with Gasteiger partial charge in [-0.25, -0.2) is 14.0 Å². The number of carbonyl (C=O) groups excluding carboxylic acids is 4. The summed E-state index contributed by atoms with van der Waals surface area (Å²) in [6, 6.07) is 3.68. The van der Waals surface area contributed by atoms with E-state index >= 15 is 0 Å². The number of hydrogen-bond donors (Lipinski definition) is 0. The first kappa shape index (κ1) is 16.3. The standard InChI is InChI=1S/C15H12FNO6/c1-7-4-5-8(6-9(7)16)17-11(15(21)23-3)10(14(20)22-2)12(18)13(17)19/h4-6H,1-3H3. The van der Waals surface area contributed by atoms with Crippen molar-refractivity contribution in [3.8, 4) is 0 Å². The summed E-state index contributed by atoms with van der Waals surface area (Å²) < 4.78 is 22.7. The molecule has 1 aliphatic heterocycles. The molecule has 0 saturated heterocycles. The number of amides is 1. The van der Waals surface area contributed by atoms with E-state index in [-0.39, 0.29) is 5.69 Å². The minimum absolute atomic E-state index is 0.0780. The minimum Gasteiger partial charge on any atom is -0.465 e. The molecule has 8 heteroatoms. The SMILES string of the molecule is COC(=O)C1=C(C(=O)OC)N(c2ccc(C)c(F)c2)C(=O)C1=O. The van der Waals surface area contributed by atoms with E-state index in [4.69, 9.17) is 0 Å². The molecule has 0 unspecified atom stereocenters. The van der Waals surface area contributed by atoms with Gasteiger partial charge in [-0.3, -0.25) is 14.5 Å². The van der Waals surface area contributed by atoms with Crippen LogP contribution in [0.3, 0.4) is 0 Å². The van der Waals surface area contributed by atoms with Crippen LogP contribution in [0.15, 0.2) is 29.5 Å². The quantitative estimate of drug-likeness (QED) is 0.461. The Bertz CT molecular complexity index is 767. The lowest BCUT2D eigenvalue weighted by molar-refractivity contribution is -0.141. The molecule has 1 amide bonds. The van der Waals surface area contributed by atoms with E-state index in [1.54, 1.807) is 0 Å². The highest BCUT2D eigenvalue weighted by atomic mass is 19.1. The van der Waals surface area contributed by atoms with Crippen LogP contribution in [0.4, 0.5) is 10.1 Å². The highest BCUT2D eigenvalue weighted by Gasteiger charge is 2.47. The van der Waals surface area contributed by atoms with Crippen molar-refractivity contribution in [3.05, 3.63) is 40.8 Å². The Labute approximate surface area is 130 Å². The predicted octanol–water partition coefficient (Wildman–Crippen LogP) is 0.650. The van der Waals surface area contributed by atoms with E-state index in [1.165, 1.54) is 19.1 Å². The van der Waals surface area contributed by atoms with Crippen LogP contribution in [-0.2, 0) is 28.7 Å². The topological polar surface area (TPSA) is 90.0 Å². The molecule has 0 N–H and O–H groups in total. The Hall–Kier alpha value is -3.03. The molecule has 1 aliphatic rings. The van der Waals surface area contributed by atoms with Gasteiger partial charge in [0.1, 0.15) is 11.4 Å². The smallest absolute Gasteiger partial charge is 0.356 e. The number of methoxy groups -OCH3 is 2. The maximum absolute atomic E-state index is 13.7. The minimum atomic E-state index is -1.22. The molecule has 1 aromatic carbocycles. The molecule has 0 radical (unpaired) electrons. The van der Waals surface area contributed by atoms with Gasteiger partial charge in [0.2, 0.25) is 0 Å². The number of ether oxygens (including phenoxy) is 2. The van der Waals surface area contributed by atoms with Gasteiger partial charge >= 0.3 is 17.8 Å². The molecule has 2 rings (SSSR count). The number of nitrogens with zero attached hydrogens (tertiary/aromatic N) is 1. The van der Waals surface area contributed by atoms with Crippen LogP contribution in [0.2, 0.25) is 0 Å². The summed E-state index contributed by atoms with van der Waals surface area (Å²) in [5, 5.41) is 0. The zero-order valence-corrected chi connectivity index (χ0v) is 12.5. The molecular formula is C15H12FNO6. The number of Topliss-reactive ketones (excluding diaryl/α,β-unsaturated/α-hetero) is 1. The van der Waals surface area contributed by atoms with Crippen molar-refractivity contribution in [3.63, 3.8) is 0 Å². The van der Waals surface area contributed by atoms with E-state index < -0.39 is 40.7 Å². The molecule has 23 heavy (non-hydrogen) atoms. The summed E-state index contributed by atoms with van der Waals surface area (Å²) in [4.78, 5) is 48.5. The molecule has 0 aromatic heterocycles. The molecule has 0 bridgehead atoms. The van der Waals surface area contributed by atoms with E-state index in [0.717, 1.165) is 20.3 Å². The van der Waals surface area contributed by atoms with Gasteiger partial charge in [-0.2, -0.15) is 0 Å². The fraction of sp³-hybridized carbons (Fsp3) is 0.200. The molecular weight excluding hydrogens is 309 g/mol. The Balaban J connectivity index is 2.69. The number of hydrogen-bond acceptors (Lipinski definition) is 6. The lowest BCUT2D eigenvalue weighted by atomic mass is 10.1. The Morgan fingerprint density at radius 1 is 1.09 bits per heavy atom. The molecule has 0 saturated carbocycles. The van der Waals surface area contributed by atoms with E-state index in [2.05, 4.69) is 9.47 Å². The first-order valence-corrected chi connectivity index (χ1v) is 6.39. The molecule has 7 nitrogen and oxygen atoms in total. The zero-order valence-electron chi connectivity index (χ0n) is 12.5. The largest absolute Gasteiger partial charge is 0.465 e. The Morgan fingerprint density at radius 3 is 2.22 bits per heavy atom. The summed E-state index contributed by atoms with van der Waals surface area (Å²) >= 11 is 0. The summed E-state index contributed by atoms with van der Waals surface area (Å²) in [5.74, 6) is -5.28. The van der Waals surface area contributed by atoms with Crippen LogP contribution in [0.5, 0.6) is 0 Å². The normalized spacial score (nSPS) is 14.3. The second-order valence-electron chi connectivity index (χ2n) is 4.61. The van der Waals surface area contributed by atoms with Crippen molar-refractivity contribution in [2.75, 3.05) is 19.1 Å². The lowest BCUT2D eigenvalue weighted by Gasteiger charge is -2.18. The van der Waals surface area contributed by atoms with Crippen molar-refractivity contribution < 1.29 is 33.0 Å². The molecule has 1 aromatic rings. The predicted molar refractivity (Wildman–Crippen MR) is 74.7 cm³/mol. The number of halogens is 1. The van der Waals surface area contributed by atoms with Crippen LogP contribution in [0.1, 0.15) is 5.56 Å². The van der Waals surface area contributed by atoms with Crippen LogP contribution in [0.25, 0.3) is 0 Å². The van der Waals surface area contributed by atoms with Gasteiger partial charge in [-0.05, 0) is 24.6 Å². The third-order valence-electron chi connectivity index (χ3n) is 3.27. The average molecular weight is 321 g/mol. The number of aryl methyl sites for hydroxylation is 1. The first-order valence-electron chi connectivity index (χ1n) is 6.39. The van der Waals surface area contributed by atoms with Crippen LogP contribution >= 0.6 is 0 Å². The summed E-state index contributed by atoms with van der Waals surface area (Å²) in [5.41, 5.74) is -1.11. The van der Waals surface area contributed by atoms with Gasteiger partial charge in [0.15, 0.2) is 5.70 Å². The highest BCUT2D eigenvalue weighted by Crippen LogP contribution is 2.30. The van der Waals surface area contributed by atoms with E-state index in [1.807, 2.05) is 0 Å². The van der Waals surface area contributed by atoms with Crippen molar-refractivity contribution in [1.29, 1.82) is 0 Å². The summed E-state index contributed by atoms with van der Waals surface area (Å²) in [6.45, 7) is 1.51. The Kier molecular flexibility index (Phi) is 4.26. The van der Waals surface area contributed by atoms with Crippen LogP contribution in [-0.4, -0.2) is 37.8 Å². The van der Waals surface area contributed by atoms with Crippen LogP contribution < -0.4 is 4.90 Å². The molecule has 120 valence electrons. The van der Waals surface area contributed by atoms with Crippen LogP contribution in [0, 0.1) is 12.7 Å². The number of rotatable bonds is 3. The molecule has 0 fully saturated rings. The molecule has 0 spiro atoms. The second-order valence-corrected chi connectivity index (χ2v) is 4.61. The fourth-order valence-corrected chi connectivity index (χ4v) is 2.08. The fourth-order valence-electron chi connectivity index (χ4n) is 2.08. The van der Waals surface area contributed by atoms with Crippen molar-refractivity contribution >= 4 is 29.3 Å².